The molecule has 2 N–H and O–H groups in total. The Labute approximate surface area is 203 Å². The van der Waals surface area contributed by atoms with Gasteiger partial charge in [0.2, 0.25) is 5.79 Å². The van der Waals surface area contributed by atoms with Crippen molar-refractivity contribution in [3.63, 3.8) is 0 Å². The number of hydrogen-bond acceptors (Lipinski definition) is 7. The lowest BCUT2D eigenvalue weighted by atomic mass is 10.1. The zero-order chi connectivity index (χ0) is 24.7. The number of carboxylic acid groups (broad SMARTS) is 1. The molecule has 2 atom stereocenters. The van der Waals surface area contributed by atoms with Gasteiger partial charge >= 0.3 is 5.97 Å². The largest absolute Gasteiger partial charge is 0.491 e. The molecule has 1 aliphatic rings. The van der Waals surface area contributed by atoms with Crippen LogP contribution in [0, 0.1) is 10.1 Å². The second-order valence-corrected chi connectivity index (χ2v) is 7.88. The number of aromatic carboxylic acids is 1. The Morgan fingerprint density at radius 2 is 2.00 bits per heavy atom. The van der Waals surface area contributed by atoms with Crippen molar-refractivity contribution in [1.29, 1.82) is 0 Å². The second kappa shape index (κ2) is 11.2. The smallest absolute Gasteiger partial charge is 0.335 e. The summed E-state index contributed by atoms with van der Waals surface area (Å²) in [7, 11) is 0. The van der Waals surface area contributed by atoms with Gasteiger partial charge in [0.1, 0.15) is 18.5 Å². The highest BCUT2D eigenvalue weighted by Gasteiger charge is 2.45. The van der Waals surface area contributed by atoms with Crippen molar-refractivity contribution < 1.29 is 34.4 Å². The molecule has 1 aromatic heterocycles. The van der Waals surface area contributed by atoms with Crippen molar-refractivity contribution in [2.45, 2.75) is 18.4 Å². The van der Waals surface area contributed by atoms with Gasteiger partial charge in [0.15, 0.2) is 0 Å². The first kappa shape index (κ1) is 25.2. The summed E-state index contributed by atoms with van der Waals surface area (Å²) in [4.78, 5) is 23.4. The Kier molecular flexibility index (Phi) is 8.29. The number of rotatable bonds is 7. The third-order valence-electron chi connectivity index (χ3n) is 4.69. The van der Waals surface area contributed by atoms with Crippen LogP contribution in [0.25, 0.3) is 0 Å². The molecule has 180 valence electrons. The molecule has 0 aliphatic carbocycles. The van der Waals surface area contributed by atoms with Crippen molar-refractivity contribution in [3.05, 3.63) is 92.5 Å². The Morgan fingerprint density at radius 1 is 1.29 bits per heavy atom. The summed E-state index contributed by atoms with van der Waals surface area (Å²) in [5.74, 6) is -1.57. The number of imidazole rings is 1. The molecule has 13 heteroatoms. The average Bonchev–Trinajstić information content (AvgIpc) is 3.43. The lowest BCUT2D eigenvalue weighted by molar-refractivity contribution is -0.742. The first-order chi connectivity index (χ1) is 16.2. The number of halogens is 2. The van der Waals surface area contributed by atoms with E-state index >= 15 is 0 Å². The highest BCUT2D eigenvalue weighted by molar-refractivity contribution is 6.35. The maximum Gasteiger partial charge on any atom is 0.335 e. The van der Waals surface area contributed by atoms with Crippen LogP contribution < -0.4 is 4.74 Å². The lowest BCUT2D eigenvalue weighted by Gasteiger charge is -2.30. The lowest BCUT2D eigenvalue weighted by Crippen LogP contribution is -2.34. The number of benzene rings is 2. The summed E-state index contributed by atoms with van der Waals surface area (Å²) in [5.41, 5.74) is 0.857. The first-order valence-corrected chi connectivity index (χ1v) is 10.5. The number of hydrogen-bond donors (Lipinski definition) is 2. The summed E-state index contributed by atoms with van der Waals surface area (Å²) >= 11 is 12.5. The van der Waals surface area contributed by atoms with Crippen LogP contribution in [0.3, 0.4) is 0 Å². The summed E-state index contributed by atoms with van der Waals surface area (Å²) in [6.45, 7) is 0.863. The van der Waals surface area contributed by atoms with E-state index in [1.165, 1.54) is 12.1 Å². The highest BCUT2D eigenvalue weighted by Crippen LogP contribution is 2.40. The van der Waals surface area contributed by atoms with Crippen molar-refractivity contribution in [1.82, 2.24) is 9.55 Å². The minimum atomic E-state index is -1.50. The minimum Gasteiger partial charge on any atom is -0.491 e. The zero-order valence-corrected chi connectivity index (χ0v) is 18.9. The van der Waals surface area contributed by atoms with Crippen LogP contribution >= 0.6 is 23.2 Å². The monoisotopic (exact) mass is 511 g/mol. The van der Waals surface area contributed by atoms with Crippen LogP contribution in [-0.4, -0.2) is 50.2 Å². The molecule has 4 rings (SSSR count). The number of carboxylic acids is 1. The topological polar surface area (TPSA) is 146 Å². The van der Waals surface area contributed by atoms with Crippen LogP contribution in [0.15, 0.2) is 61.2 Å². The normalized spacial score (nSPS) is 19.2. The average molecular weight is 512 g/mol. The fourth-order valence-electron chi connectivity index (χ4n) is 3.26. The van der Waals surface area contributed by atoms with Gasteiger partial charge in [-0.2, -0.15) is 0 Å². The van der Waals surface area contributed by atoms with Crippen LogP contribution in [0.1, 0.15) is 15.9 Å². The Morgan fingerprint density at radius 3 is 2.59 bits per heavy atom. The van der Waals surface area contributed by atoms with Gasteiger partial charge in [0, 0.05) is 23.0 Å². The predicted octanol–water partition coefficient (Wildman–Crippen LogP) is 3.89. The Hall–Kier alpha value is -3.38. The zero-order valence-electron chi connectivity index (χ0n) is 17.4. The molecule has 34 heavy (non-hydrogen) atoms. The molecule has 0 spiro atoms. The summed E-state index contributed by atoms with van der Waals surface area (Å²) in [6, 6.07) is 11.4. The summed E-state index contributed by atoms with van der Waals surface area (Å²) < 4.78 is 20.0. The van der Waals surface area contributed by atoms with Crippen LogP contribution in [0.2, 0.25) is 10.0 Å². The van der Waals surface area contributed by atoms with Gasteiger partial charge in [-0.1, -0.05) is 29.3 Å². The predicted molar refractivity (Wildman–Crippen MR) is 119 cm³/mol. The molecule has 0 amide bonds. The van der Waals surface area contributed by atoms with E-state index in [4.69, 9.17) is 57.8 Å². The van der Waals surface area contributed by atoms with Crippen LogP contribution in [0.4, 0.5) is 0 Å². The van der Waals surface area contributed by atoms with E-state index in [-0.39, 0.29) is 18.3 Å². The third kappa shape index (κ3) is 6.58. The van der Waals surface area contributed by atoms with Crippen molar-refractivity contribution in [2.24, 2.45) is 0 Å². The van der Waals surface area contributed by atoms with Crippen molar-refractivity contribution in [2.75, 3.05) is 13.2 Å². The van der Waals surface area contributed by atoms with Crippen LogP contribution in [0.5, 0.6) is 5.75 Å². The molecule has 0 radical (unpaired) electrons. The number of nitrogens with zero attached hydrogens (tertiary/aromatic N) is 3. The molecule has 3 aromatic rings. The van der Waals surface area contributed by atoms with Gasteiger partial charge in [-0.25, -0.2) is 9.78 Å². The van der Waals surface area contributed by atoms with E-state index in [2.05, 4.69) is 4.98 Å². The quantitative estimate of drug-likeness (QED) is 0.356. The molecule has 11 nitrogen and oxygen atoms in total. The maximum atomic E-state index is 11.0. The molecular weight excluding hydrogens is 493 g/mol. The van der Waals surface area contributed by atoms with E-state index in [1.807, 2.05) is 10.8 Å². The number of carbonyl (C=O) groups is 1. The highest BCUT2D eigenvalue weighted by atomic mass is 35.5. The molecule has 1 aliphatic heterocycles. The van der Waals surface area contributed by atoms with Gasteiger partial charge in [-0.05, 0) is 36.4 Å². The third-order valence-corrected chi connectivity index (χ3v) is 5.24. The van der Waals surface area contributed by atoms with Crippen molar-refractivity contribution in [3.8, 4) is 5.75 Å². The number of aromatic nitrogens is 2. The summed E-state index contributed by atoms with van der Waals surface area (Å²) in [5, 5.41) is 23.6. The fourth-order valence-corrected chi connectivity index (χ4v) is 3.81. The fraction of sp³-hybridized carbons (Fsp3) is 0.238. The molecular formula is C21H19Cl2N3O8. The maximum absolute atomic E-state index is 11.0. The Bertz CT molecular complexity index is 1120. The molecule has 2 heterocycles. The van der Waals surface area contributed by atoms with E-state index in [0.29, 0.717) is 34.5 Å². The van der Waals surface area contributed by atoms with E-state index in [0.717, 1.165) is 0 Å². The van der Waals surface area contributed by atoms with E-state index in [9.17, 15) is 4.79 Å². The molecule has 0 saturated carbocycles. The molecule has 1 saturated heterocycles. The van der Waals surface area contributed by atoms with Gasteiger partial charge in [-0.15, -0.1) is 10.1 Å². The SMILES string of the molecule is O=C(O)c1ccc(OCC2COC(Cn3ccnc3)(c3ccc(Cl)cc3Cl)O2)cc1.O=[N+]([O-])O. The molecule has 2 aromatic carbocycles. The first-order valence-electron chi connectivity index (χ1n) is 9.71. The summed E-state index contributed by atoms with van der Waals surface area (Å²) in [6.07, 6.45) is 4.80. The molecule has 2 unspecified atom stereocenters. The van der Waals surface area contributed by atoms with Gasteiger partial charge in [0.25, 0.3) is 5.09 Å². The molecule has 0 bridgehead atoms. The number of ether oxygens (including phenoxy) is 3. The van der Waals surface area contributed by atoms with Gasteiger partial charge < -0.3 is 29.1 Å². The van der Waals surface area contributed by atoms with Crippen molar-refractivity contribution >= 4 is 29.2 Å². The van der Waals surface area contributed by atoms with Gasteiger partial charge in [0.05, 0.1) is 30.1 Å². The standard InChI is InChI=1S/C21H18Cl2N2O5.HNO3/c22-15-3-6-18(19(23)9-15)21(12-25-8-7-24-13-25)29-11-17(30-21)10-28-16-4-1-14(2-5-16)20(26)27;2-1(3)4/h1-9,13,17H,10-12H2,(H,26,27);(H,2,3,4). The van der Waals surface area contributed by atoms with Gasteiger partial charge in [-0.3, -0.25) is 0 Å². The van der Waals surface area contributed by atoms with E-state index < -0.39 is 16.8 Å². The molecule has 1 fully saturated rings. The van der Waals surface area contributed by atoms with Crippen LogP contribution in [-0.2, 0) is 21.8 Å². The second-order valence-electron chi connectivity index (χ2n) is 7.04. The minimum absolute atomic E-state index is 0.194. The Balaban J connectivity index is 0.000000751. The van der Waals surface area contributed by atoms with E-state index in [1.54, 1.807) is 42.9 Å².